The highest BCUT2D eigenvalue weighted by Gasteiger charge is 2.19. The number of ether oxygens (including phenoxy) is 1. The van der Waals surface area contributed by atoms with E-state index in [4.69, 9.17) is 9.72 Å². The number of aryl methyl sites for hydroxylation is 1. The lowest BCUT2D eigenvalue weighted by atomic mass is 10.1. The van der Waals surface area contributed by atoms with Gasteiger partial charge in [0.2, 0.25) is 5.91 Å². The molecule has 0 radical (unpaired) electrons. The summed E-state index contributed by atoms with van der Waals surface area (Å²) in [6, 6.07) is 15.4. The second-order valence-corrected chi connectivity index (χ2v) is 8.21. The molecule has 1 unspecified atom stereocenters. The monoisotopic (exact) mass is 434 g/mol. The molecule has 1 atom stereocenters. The molecule has 0 spiro atoms. The summed E-state index contributed by atoms with van der Waals surface area (Å²) in [5.41, 5.74) is 2.76. The normalized spacial score (nSPS) is 15.6. The zero-order chi connectivity index (χ0) is 22.5. The number of carbonyl (C=O) groups excluding carboxylic acids is 1. The zero-order valence-corrected chi connectivity index (χ0v) is 18.7. The first-order chi connectivity index (χ1) is 15.5. The van der Waals surface area contributed by atoms with Crippen LogP contribution in [0, 0.1) is 0 Å². The van der Waals surface area contributed by atoms with Crippen molar-refractivity contribution < 1.29 is 9.53 Å². The van der Waals surface area contributed by atoms with E-state index in [0.717, 1.165) is 25.1 Å². The van der Waals surface area contributed by atoms with Crippen LogP contribution in [-0.2, 0) is 29.0 Å². The van der Waals surface area contributed by atoms with Gasteiger partial charge in [-0.2, -0.15) is 0 Å². The van der Waals surface area contributed by atoms with E-state index in [2.05, 4.69) is 29.3 Å². The summed E-state index contributed by atoms with van der Waals surface area (Å²) in [5, 5.41) is 3.55. The number of hydrogen-bond donors (Lipinski definition) is 1. The van der Waals surface area contributed by atoms with Gasteiger partial charge in [-0.3, -0.25) is 19.1 Å². The average Bonchev–Trinajstić information content (AvgIpc) is 2.82. The predicted octanol–water partition coefficient (Wildman–Crippen LogP) is 2.67. The summed E-state index contributed by atoms with van der Waals surface area (Å²) >= 11 is 0. The number of fused-ring (bicyclic) bond motifs is 1. The van der Waals surface area contributed by atoms with Gasteiger partial charge in [0, 0.05) is 13.1 Å². The molecule has 7 heteroatoms. The minimum absolute atomic E-state index is 0.0618. The molecule has 1 aromatic heterocycles. The summed E-state index contributed by atoms with van der Waals surface area (Å²) < 4.78 is 6.95. The molecule has 2 heterocycles. The minimum atomic E-state index is -0.209. The Morgan fingerprint density at radius 1 is 1.12 bits per heavy atom. The van der Waals surface area contributed by atoms with Gasteiger partial charge in [0.15, 0.2) is 0 Å². The van der Waals surface area contributed by atoms with Gasteiger partial charge >= 0.3 is 0 Å². The van der Waals surface area contributed by atoms with Crippen LogP contribution in [0.5, 0.6) is 0 Å². The summed E-state index contributed by atoms with van der Waals surface area (Å²) in [7, 11) is 0. The summed E-state index contributed by atoms with van der Waals surface area (Å²) in [5.74, 6) is 0.394. The Morgan fingerprint density at radius 2 is 1.84 bits per heavy atom. The molecule has 0 saturated carbocycles. The molecule has 168 valence electrons. The SMILES string of the molecule is CCc1ccc(C(C)NC(=O)Cn2c(CN3CCOCC3)nc3ccccc3c2=O)cc1. The Bertz CT molecular complexity index is 1130. The Balaban J connectivity index is 1.57. The van der Waals surface area contributed by atoms with Crippen molar-refractivity contribution in [3.05, 3.63) is 75.8 Å². The van der Waals surface area contributed by atoms with Crippen molar-refractivity contribution in [2.24, 2.45) is 0 Å². The smallest absolute Gasteiger partial charge is 0.261 e. The molecule has 1 N–H and O–H groups in total. The first-order valence-electron chi connectivity index (χ1n) is 11.2. The van der Waals surface area contributed by atoms with E-state index in [9.17, 15) is 9.59 Å². The van der Waals surface area contributed by atoms with Gasteiger partial charge in [0.25, 0.3) is 5.56 Å². The van der Waals surface area contributed by atoms with Gasteiger partial charge in [0.05, 0.1) is 36.7 Å². The Hall–Kier alpha value is -3.03. The van der Waals surface area contributed by atoms with Crippen LogP contribution in [0.3, 0.4) is 0 Å². The maximum absolute atomic E-state index is 13.3. The number of nitrogens with zero attached hydrogens (tertiary/aromatic N) is 3. The molecule has 0 bridgehead atoms. The van der Waals surface area contributed by atoms with Crippen molar-refractivity contribution in [3.63, 3.8) is 0 Å². The molecule has 2 aromatic carbocycles. The molecule has 1 aliphatic rings. The van der Waals surface area contributed by atoms with Crippen LogP contribution < -0.4 is 10.9 Å². The minimum Gasteiger partial charge on any atom is -0.379 e. The quantitative estimate of drug-likeness (QED) is 0.619. The third kappa shape index (κ3) is 5.06. The Kier molecular flexibility index (Phi) is 6.97. The highest BCUT2D eigenvalue weighted by atomic mass is 16.5. The summed E-state index contributed by atoms with van der Waals surface area (Å²) in [6.07, 6.45) is 0.977. The second-order valence-electron chi connectivity index (χ2n) is 8.21. The number of nitrogens with one attached hydrogen (secondary N) is 1. The van der Waals surface area contributed by atoms with E-state index in [1.807, 2.05) is 37.3 Å². The number of carbonyl (C=O) groups is 1. The second kappa shape index (κ2) is 10.1. The molecule has 0 aliphatic carbocycles. The molecule has 7 nitrogen and oxygen atoms in total. The predicted molar refractivity (Wildman–Crippen MR) is 124 cm³/mol. The van der Waals surface area contributed by atoms with Crippen molar-refractivity contribution in [2.45, 2.75) is 39.4 Å². The molecule has 1 amide bonds. The van der Waals surface area contributed by atoms with Gasteiger partial charge in [-0.15, -0.1) is 0 Å². The number of morpholine rings is 1. The van der Waals surface area contributed by atoms with Crippen LogP contribution in [0.4, 0.5) is 0 Å². The third-order valence-corrected chi connectivity index (χ3v) is 5.98. The van der Waals surface area contributed by atoms with Crippen LogP contribution in [0.2, 0.25) is 0 Å². The fourth-order valence-corrected chi connectivity index (χ4v) is 4.01. The standard InChI is InChI=1S/C25H30N4O3/c1-3-19-8-10-20(11-9-19)18(2)26-24(30)17-29-23(16-28-12-14-32-15-13-28)27-22-7-5-4-6-21(22)25(29)31/h4-11,18H,3,12-17H2,1-2H3,(H,26,30). The highest BCUT2D eigenvalue weighted by Crippen LogP contribution is 2.15. The van der Waals surface area contributed by atoms with Crippen molar-refractivity contribution in [1.82, 2.24) is 19.8 Å². The van der Waals surface area contributed by atoms with E-state index in [-0.39, 0.29) is 24.1 Å². The zero-order valence-electron chi connectivity index (χ0n) is 18.7. The largest absolute Gasteiger partial charge is 0.379 e. The number of para-hydroxylation sites is 1. The molecular formula is C25H30N4O3. The Labute approximate surface area is 188 Å². The van der Waals surface area contributed by atoms with E-state index in [1.165, 1.54) is 10.1 Å². The van der Waals surface area contributed by atoms with Crippen molar-refractivity contribution in [1.29, 1.82) is 0 Å². The average molecular weight is 435 g/mol. The molecule has 1 aliphatic heterocycles. The maximum Gasteiger partial charge on any atom is 0.261 e. The van der Waals surface area contributed by atoms with Gasteiger partial charge in [-0.05, 0) is 36.6 Å². The van der Waals surface area contributed by atoms with Gasteiger partial charge in [-0.25, -0.2) is 4.98 Å². The van der Waals surface area contributed by atoms with Gasteiger partial charge in [0.1, 0.15) is 12.4 Å². The first kappa shape index (κ1) is 22.2. The van der Waals surface area contributed by atoms with Crippen LogP contribution in [0.1, 0.15) is 36.8 Å². The highest BCUT2D eigenvalue weighted by molar-refractivity contribution is 5.79. The maximum atomic E-state index is 13.3. The first-order valence-corrected chi connectivity index (χ1v) is 11.2. The Morgan fingerprint density at radius 3 is 2.56 bits per heavy atom. The van der Waals surface area contributed by atoms with E-state index in [0.29, 0.717) is 36.5 Å². The lowest BCUT2D eigenvalue weighted by Gasteiger charge is -2.27. The lowest BCUT2D eigenvalue weighted by Crippen LogP contribution is -2.40. The van der Waals surface area contributed by atoms with Gasteiger partial charge in [-0.1, -0.05) is 43.3 Å². The van der Waals surface area contributed by atoms with Crippen LogP contribution in [-0.4, -0.2) is 46.7 Å². The summed E-state index contributed by atoms with van der Waals surface area (Å²) in [4.78, 5) is 33.1. The number of benzene rings is 2. The van der Waals surface area contributed by atoms with Crippen LogP contribution in [0.15, 0.2) is 53.3 Å². The molecular weight excluding hydrogens is 404 g/mol. The molecule has 32 heavy (non-hydrogen) atoms. The van der Waals surface area contributed by atoms with Gasteiger partial charge < -0.3 is 10.1 Å². The third-order valence-electron chi connectivity index (χ3n) is 5.98. The molecule has 4 rings (SSSR count). The number of hydrogen-bond acceptors (Lipinski definition) is 5. The fourth-order valence-electron chi connectivity index (χ4n) is 4.01. The van der Waals surface area contributed by atoms with E-state index in [1.54, 1.807) is 6.07 Å². The van der Waals surface area contributed by atoms with Crippen LogP contribution >= 0.6 is 0 Å². The van der Waals surface area contributed by atoms with Crippen molar-refractivity contribution >= 4 is 16.8 Å². The van der Waals surface area contributed by atoms with Crippen LogP contribution in [0.25, 0.3) is 10.9 Å². The summed E-state index contributed by atoms with van der Waals surface area (Å²) in [6.45, 7) is 7.38. The van der Waals surface area contributed by atoms with Crippen molar-refractivity contribution in [3.8, 4) is 0 Å². The molecule has 1 fully saturated rings. The molecule has 3 aromatic rings. The number of rotatable bonds is 7. The lowest BCUT2D eigenvalue weighted by molar-refractivity contribution is -0.122. The number of amides is 1. The fraction of sp³-hybridized carbons (Fsp3) is 0.400. The topological polar surface area (TPSA) is 76.5 Å². The number of aromatic nitrogens is 2. The molecule has 1 saturated heterocycles. The van der Waals surface area contributed by atoms with Crippen molar-refractivity contribution in [2.75, 3.05) is 26.3 Å². The van der Waals surface area contributed by atoms with E-state index >= 15 is 0 Å². The van der Waals surface area contributed by atoms with E-state index < -0.39 is 0 Å².